The molecule has 1 aromatic heterocycles. The predicted molar refractivity (Wildman–Crippen MR) is 60.2 cm³/mol. The summed E-state index contributed by atoms with van der Waals surface area (Å²) in [5.74, 6) is 0.947. The first-order chi connectivity index (χ1) is 7.29. The second-order valence-corrected chi connectivity index (χ2v) is 4.10. The van der Waals surface area contributed by atoms with E-state index in [9.17, 15) is 0 Å². The minimum Gasteiger partial charge on any atom is -0.496 e. The second-order valence-electron chi connectivity index (χ2n) is 4.10. The number of fused-ring (bicyclic) bond motifs is 3. The van der Waals surface area contributed by atoms with Gasteiger partial charge in [-0.05, 0) is 18.2 Å². The molecule has 0 saturated carbocycles. The van der Waals surface area contributed by atoms with Gasteiger partial charge in [0.25, 0.3) is 0 Å². The second kappa shape index (κ2) is 3.00. The van der Waals surface area contributed by atoms with Crippen LogP contribution < -0.4 is 10.5 Å². The molecular formula is C12H14N2O. The van der Waals surface area contributed by atoms with E-state index in [0.29, 0.717) is 0 Å². The third-order valence-corrected chi connectivity index (χ3v) is 3.10. The molecule has 0 aliphatic carbocycles. The topological polar surface area (TPSA) is 40.2 Å². The summed E-state index contributed by atoms with van der Waals surface area (Å²) < 4.78 is 7.64. The number of rotatable bonds is 1. The molecule has 0 spiro atoms. The molecule has 0 saturated heterocycles. The fourth-order valence-electron chi connectivity index (χ4n) is 2.44. The van der Waals surface area contributed by atoms with Crippen molar-refractivity contribution in [2.75, 3.05) is 7.11 Å². The van der Waals surface area contributed by atoms with Crippen molar-refractivity contribution in [3.63, 3.8) is 0 Å². The minimum atomic E-state index is 0.274. The first-order valence-corrected chi connectivity index (χ1v) is 5.20. The number of hydrogen-bond acceptors (Lipinski definition) is 2. The zero-order valence-corrected chi connectivity index (χ0v) is 8.73. The summed E-state index contributed by atoms with van der Waals surface area (Å²) in [7, 11) is 1.71. The van der Waals surface area contributed by atoms with Crippen LogP contribution in [0, 0.1) is 0 Å². The van der Waals surface area contributed by atoms with Crippen LogP contribution in [-0.4, -0.2) is 17.7 Å². The van der Waals surface area contributed by atoms with Crippen LogP contribution in [0.4, 0.5) is 0 Å². The predicted octanol–water partition coefficient (Wildman–Crippen LogP) is 1.53. The van der Waals surface area contributed by atoms with E-state index in [1.165, 1.54) is 16.6 Å². The Morgan fingerprint density at radius 3 is 3.13 bits per heavy atom. The van der Waals surface area contributed by atoms with Gasteiger partial charge in [0.15, 0.2) is 0 Å². The Bertz CT molecular complexity index is 516. The summed E-state index contributed by atoms with van der Waals surface area (Å²) in [6.07, 6.45) is 0.970. The van der Waals surface area contributed by atoms with Gasteiger partial charge in [0.05, 0.1) is 12.6 Å². The Labute approximate surface area is 88.4 Å². The lowest BCUT2D eigenvalue weighted by Crippen LogP contribution is -2.20. The van der Waals surface area contributed by atoms with Gasteiger partial charge in [-0.2, -0.15) is 0 Å². The van der Waals surface area contributed by atoms with Crippen LogP contribution in [-0.2, 0) is 13.0 Å². The number of nitrogens with zero attached hydrogens (tertiary/aromatic N) is 1. The number of aromatic nitrogens is 1. The van der Waals surface area contributed by atoms with Gasteiger partial charge in [-0.15, -0.1) is 0 Å². The monoisotopic (exact) mass is 202 g/mol. The Hall–Kier alpha value is -1.48. The zero-order valence-electron chi connectivity index (χ0n) is 8.73. The third-order valence-electron chi connectivity index (χ3n) is 3.10. The molecule has 2 N–H and O–H groups in total. The SMILES string of the molecule is COc1cccc2c1cc1n2CC(N)C1. The van der Waals surface area contributed by atoms with Crippen LogP contribution in [0.1, 0.15) is 5.69 Å². The van der Waals surface area contributed by atoms with Crippen molar-refractivity contribution in [1.82, 2.24) is 4.57 Å². The summed E-state index contributed by atoms with van der Waals surface area (Å²) in [5.41, 5.74) is 8.49. The van der Waals surface area contributed by atoms with Gasteiger partial charge >= 0.3 is 0 Å². The van der Waals surface area contributed by atoms with E-state index in [2.05, 4.69) is 16.7 Å². The van der Waals surface area contributed by atoms with E-state index in [1.807, 2.05) is 12.1 Å². The molecular weight excluding hydrogens is 188 g/mol. The summed E-state index contributed by atoms with van der Waals surface area (Å²) >= 11 is 0. The van der Waals surface area contributed by atoms with E-state index in [1.54, 1.807) is 7.11 Å². The van der Waals surface area contributed by atoms with E-state index in [4.69, 9.17) is 10.5 Å². The summed E-state index contributed by atoms with van der Waals surface area (Å²) in [6.45, 7) is 0.923. The van der Waals surface area contributed by atoms with Gasteiger partial charge in [-0.3, -0.25) is 0 Å². The van der Waals surface area contributed by atoms with Crippen molar-refractivity contribution in [2.24, 2.45) is 5.73 Å². The number of hydrogen-bond donors (Lipinski definition) is 1. The maximum absolute atomic E-state index is 5.94. The summed E-state index contributed by atoms with van der Waals surface area (Å²) in [4.78, 5) is 0. The number of benzene rings is 1. The van der Waals surface area contributed by atoms with Gasteiger partial charge in [-0.25, -0.2) is 0 Å². The molecule has 1 aliphatic rings. The smallest absolute Gasteiger partial charge is 0.128 e. The molecule has 1 aromatic carbocycles. The standard InChI is InChI=1S/C12H14N2O/c1-15-12-4-2-3-11-10(12)6-9-5-8(13)7-14(9)11/h2-4,6,8H,5,7,13H2,1H3. The van der Waals surface area contributed by atoms with Crippen molar-refractivity contribution in [2.45, 2.75) is 19.0 Å². The molecule has 0 radical (unpaired) electrons. The molecule has 15 heavy (non-hydrogen) atoms. The zero-order chi connectivity index (χ0) is 10.4. The van der Waals surface area contributed by atoms with Gasteiger partial charge in [-0.1, -0.05) is 6.07 Å². The average Bonchev–Trinajstić information content (AvgIpc) is 2.73. The third kappa shape index (κ3) is 1.16. The molecule has 3 heteroatoms. The highest BCUT2D eigenvalue weighted by atomic mass is 16.5. The average molecular weight is 202 g/mol. The van der Waals surface area contributed by atoms with Gasteiger partial charge < -0.3 is 15.0 Å². The molecule has 1 unspecified atom stereocenters. The highest BCUT2D eigenvalue weighted by Crippen LogP contribution is 2.31. The highest BCUT2D eigenvalue weighted by molar-refractivity contribution is 5.87. The molecule has 3 nitrogen and oxygen atoms in total. The van der Waals surface area contributed by atoms with Gasteiger partial charge in [0.1, 0.15) is 5.75 Å². The normalized spacial score (nSPS) is 19.5. The van der Waals surface area contributed by atoms with Crippen LogP contribution >= 0.6 is 0 Å². The molecule has 1 aliphatic heterocycles. The van der Waals surface area contributed by atoms with Crippen LogP contribution in [0.5, 0.6) is 5.75 Å². The highest BCUT2D eigenvalue weighted by Gasteiger charge is 2.21. The lowest BCUT2D eigenvalue weighted by Gasteiger charge is -2.05. The fourth-order valence-corrected chi connectivity index (χ4v) is 2.44. The molecule has 0 bridgehead atoms. The number of methoxy groups -OCH3 is 1. The maximum Gasteiger partial charge on any atom is 0.128 e. The molecule has 78 valence electrons. The van der Waals surface area contributed by atoms with E-state index in [-0.39, 0.29) is 6.04 Å². The molecule has 2 aromatic rings. The Balaban J connectivity index is 2.27. The van der Waals surface area contributed by atoms with E-state index < -0.39 is 0 Å². The largest absolute Gasteiger partial charge is 0.496 e. The van der Waals surface area contributed by atoms with Crippen LogP contribution in [0.15, 0.2) is 24.3 Å². The lowest BCUT2D eigenvalue weighted by molar-refractivity contribution is 0.420. The summed E-state index contributed by atoms with van der Waals surface area (Å²) in [5, 5.41) is 1.20. The van der Waals surface area contributed by atoms with Crippen LogP contribution in [0.2, 0.25) is 0 Å². The summed E-state index contributed by atoms with van der Waals surface area (Å²) in [6, 6.07) is 8.62. The van der Waals surface area contributed by atoms with Crippen molar-refractivity contribution in [3.8, 4) is 5.75 Å². The molecule has 2 heterocycles. The lowest BCUT2D eigenvalue weighted by atomic mass is 10.2. The van der Waals surface area contributed by atoms with Crippen molar-refractivity contribution >= 4 is 10.9 Å². The maximum atomic E-state index is 5.94. The van der Waals surface area contributed by atoms with E-state index in [0.717, 1.165) is 18.7 Å². The fraction of sp³-hybridized carbons (Fsp3) is 0.333. The first-order valence-electron chi connectivity index (χ1n) is 5.20. The van der Waals surface area contributed by atoms with Crippen LogP contribution in [0.3, 0.4) is 0 Å². The number of nitrogens with two attached hydrogens (primary N) is 1. The molecule has 0 fully saturated rings. The van der Waals surface area contributed by atoms with E-state index >= 15 is 0 Å². The molecule has 3 rings (SSSR count). The van der Waals surface area contributed by atoms with Crippen molar-refractivity contribution in [1.29, 1.82) is 0 Å². The van der Waals surface area contributed by atoms with Crippen LogP contribution in [0.25, 0.3) is 10.9 Å². The first kappa shape index (κ1) is 8.80. The van der Waals surface area contributed by atoms with Gasteiger partial charge in [0.2, 0.25) is 0 Å². The molecule has 0 amide bonds. The number of ether oxygens (including phenoxy) is 1. The van der Waals surface area contributed by atoms with Crippen molar-refractivity contribution < 1.29 is 4.74 Å². The van der Waals surface area contributed by atoms with Crippen molar-refractivity contribution in [3.05, 3.63) is 30.0 Å². The van der Waals surface area contributed by atoms with Gasteiger partial charge in [0, 0.05) is 30.1 Å². The molecule has 1 atom stereocenters. The quantitative estimate of drug-likeness (QED) is 0.761. The Kier molecular flexibility index (Phi) is 1.76. The minimum absolute atomic E-state index is 0.274. The Morgan fingerprint density at radius 2 is 2.33 bits per heavy atom. The Morgan fingerprint density at radius 1 is 1.47 bits per heavy atom.